The van der Waals surface area contributed by atoms with Crippen molar-refractivity contribution in [3.8, 4) is 6.07 Å². The number of nitriles is 1. The van der Waals surface area contributed by atoms with E-state index in [2.05, 4.69) is 42.9 Å². The standard InChI is InChI=1S/C12H19N3/c1-10(2)12(6-13)9-15(3)8-11-4-5-14-7-11/h4-5,7,10,12,14H,8-9H2,1-3H3. The summed E-state index contributed by atoms with van der Waals surface area (Å²) in [6.07, 6.45) is 3.92. The Balaban J connectivity index is 2.42. The molecule has 0 spiro atoms. The minimum atomic E-state index is 0.119. The van der Waals surface area contributed by atoms with Gasteiger partial charge in [-0.15, -0.1) is 0 Å². The molecule has 82 valence electrons. The van der Waals surface area contributed by atoms with Gasteiger partial charge in [-0.05, 0) is 24.6 Å². The maximum absolute atomic E-state index is 8.99. The molecule has 3 heteroatoms. The minimum absolute atomic E-state index is 0.119. The SMILES string of the molecule is CC(C)C(C#N)CN(C)Cc1cc[nH]c1. The Morgan fingerprint density at radius 2 is 2.27 bits per heavy atom. The summed E-state index contributed by atoms with van der Waals surface area (Å²) in [4.78, 5) is 5.23. The molecule has 1 N–H and O–H groups in total. The van der Waals surface area contributed by atoms with Crippen molar-refractivity contribution < 1.29 is 0 Å². The van der Waals surface area contributed by atoms with Crippen molar-refractivity contribution in [2.75, 3.05) is 13.6 Å². The average molecular weight is 205 g/mol. The highest BCUT2D eigenvalue weighted by molar-refractivity contribution is 5.07. The lowest BCUT2D eigenvalue weighted by Crippen LogP contribution is -2.27. The second-order valence-electron chi connectivity index (χ2n) is 4.40. The van der Waals surface area contributed by atoms with E-state index in [1.807, 2.05) is 12.4 Å². The highest BCUT2D eigenvalue weighted by atomic mass is 15.1. The van der Waals surface area contributed by atoms with Gasteiger partial charge in [-0.3, -0.25) is 0 Å². The molecular formula is C12H19N3. The fraction of sp³-hybridized carbons (Fsp3) is 0.583. The normalized spacial score (nSPS) is 13.1. The number of nitrogens with zero attached hydrogens (tertiary/aromatic N) is 2. The topological polar surface area (TPSA) is 42.8 Å². The van der Waals surface area contributed by atoms with Gasteiger partial charge in [0, 0.05) is 25.5 Å². The van der Waals surface area contributed by atoms with Gasteiger partial charge in [-0.1, -0.05) is 13.8 Å². The van der Waals surface area contributed by atoms with Gasteiger partial charge in [0.1, 0.15) is 0 Å². The summed E-state index contributed by atoms with van der Waals surface area (Å²) < 4.78 is 0. The fourth-order valence-corrected chi connectivity index (χ4v) is 1.57. The molecule has 0 saturated heterocycles. The van der Waals surface area contributed by atoms with Crippen LogP contribution in [0.5, 0.6) is 0 Å². The van der Waals surface area contributed by atoms with E-state index in [1.54, 1.807) is 0 Å². The first-order valence-electron chi connectivity index (χ1n) is 5.33. The van der Waals surface area contributed by atoms with E-state index in [9.17, 15) is 0 Å². The summed E-state index contributed by atoms with van der Waals surface area (Å²) in [5.74, 6) is 0.539. The second kappa shape index (κ2) is 5.57. The maximum atomic E-state index is 8.99. The van der Waals surface area contributed by atoms with E-state index in [4.69, 9.17) is 5.26 Å². The van der Waals surface area contributed by atoms with Crippen molar-refractivity contribution in [2.45, 2.75) is 20.4 Å². The van der Waals surface area contributed by atoms with Crippen LogP contribution in [0.3, 0.4) is 0 Å². The molecule has 1 heterocycles. The predicted molar refractivity (Wildman–Crippen MR) is 61.1 cm³/mol. The van der Waals surface area contributed by atoms with E-state index in [1.165, 1.54) is 5.56 Å². The number of hydrogen-bond acceptors (Lipinski definition) is 2. The zero-order chi connectivity index (χ0) is 11.3. The number of aromatic amines is 1. The highest BCUT2D eigenvalue weighted by Crippen LogP contribution is 2.12. The lowest BCUT2D eigenvalue weighted by molar-refractivity contribution is 0.265. The fourth-order valence-electron chi connectivity index (χ4n) is 1.57. The third-order valence-electron chi connectivity index (χ3n) is 2.59. The molecule has 15 heavy (non-hydrogen) atoms. The van der Waals surface area contributed by atoms with Crippen molar-refractivity contribution in [2.24, 2.45) is 11.8 Å². The Morgan fingerprint density at radius 1 is 1.53 bits per heavy atom. The van der Waals surface area contributed by atoms with Gasteiger partial charge in [-0.25, -0.2) is 0 Å². The molecule has 0 aromatic carbocycles. The van der Waals surface area contributed by atoms with E-state index >= 15 is 0 Å². The van der Waals surface area contributed by atoms with Crippen molar-refractivity contribution in [3.05, 3.63) is 24.0 Å². The van der Waals surface area contributed by atoms with Gasteiger partial charge in [-0.2, -0.15) is 5.26 Å². The van der Waals surface area contributed by atoms with Crippen LogP contribution in [-0.2, 0) is 6.54 Å². The van der Waals surface area contributed by atoms with Crippen LogP contribution in [0.4, 0.5) is 0 Å². The zero-order valence-corrected chi connectivity index (χ0v) is 9.70. The molecule has 0 aliphatic rings. The number of aromatic nitrogens is 1. The van der Waals surface area contributed by atoms with E-state index in [0.717, 1.165) is 13.1 Å². The second-order valence-corrected chi connectivity index (χ2v) is 4.40. The van der Waals surface area contributed by atoms with Crippen LogP contribution in [0.25, 0.3) is 0 Å². The molecule has 0 aliphatic carbocycles. The first-order chi connectivity index (χ1) is 7.13. The van der Waals surface area contributed by atoms with E-state index in [0.29, 0.717) is 5.92 Å². The lowest BCUT2D eigenvalue weighted by Gasteiger charge is -2.21. The van der Waals surface area contributed by atoms with Gasteiger partial charge in [0.15, 0.2) is 0 Å². The molecule has 1 unspecified atom stereocenters. The van der Waals surface area contributed by atoms with Crippen LogP contribution < -0.4 is 0 Å². The zero-order valence-electron chi connectivity index (χ0n) is 9.70. The van der Waals surface area contributed by atoms with Gasteiger partial charge in [0.2, 0.25) is 0 Å². The average Bonchev–Trinajstić information content (AvgIpc) is 2.66. The van der Waals surface area contributed by atoms with Crippen LogP contribution in [0, 0.1) is 23.2 Å². The molecule has 0 saturated carbocycles. The van der Waals surface area contributed by atoms with Crippen LogP contribution >= 0.6 is 0 Å². The van der Waals surface area contributed by atoms with Crippen molar-refractivity contribution in [1.29, 1.82) is 5.26 Å². The van der Waals surface area contributed by atoms with Crippen LogP contribution in [0.1, 0.15) is 19.4 Å². The molecular weight excluding hydrogens is 186 g/mol. The number of rotatable bonds is 5. The Morgan fingerprint density at radius 3 is 2.73 bits per heavy atom. The van der Waals surface area contributed by atoms with Gasteiger partial charge >= 0.3 is 0 Å². The van der Waals surface area contributed by atoms with Crippen molar-refractivity contribution >= 4 is 0 Å². The molecule has 1 rings (SSSR count). The first-order valence-corrected chi connectivity index (χ1v) is 5.33. The van der Waals surface area contributed by atoms with E-state index in [-0.39, 0.29) is 5.92 Å². The third kappa shape index (κ3) is 3.77. The number of hydrogen-bond donors (Lipinski definition) is 1. The minimum Gasteiger partial charge on any atom is -0.367 e. The largest absolute Gasteiger partial charge is 0.367 e. The summed E-state index contributed by atoms with van der Waals surface area (Å²) >= 11 is 0. The summed E-state index contributed by atoms with van der Waals surface area (Å²) in [6.45, 7) is 5.92. The molecule has 1 aromatic heterocycles. The Bertz CT molecular complexity index is 308. The molecule has 0 amide bonds. The van der Waals surface area contributed by atoms with Crippen LogP contribution in [-0.4, -0.2) is 23.5 Å². The molecule has 3 nitrogen and oxygen atoms in total. The number of nitrogens with one attached hydrogen (secondary N) is 1. The van der Waals surface area contributed by atoms with Gasteiger partial charge in [0.25, 0.3) is 0 Å². The Labute approximate surface area is 91.7 Å². The molecule has 1 atom stereocenters. The summed E-state index contributed by atoms with van der Waals surface area (Å²) in [5.41, 5.74) is 1.26. The van der Waals surface area contributed by atoms with Crippen molar-refractivity contribution in [3.63, 3.8) is 0 Å². The Kier molecular flexibility index (Phi) is 4.38. The van der Waals surface area contributed by atoms with Crippen LogP contribution in [0.15, 0.2) is 18.5 Å². The highest BCUT2D eigenvalue weighted by Gasteiger charge is 2.14. The molecule has 0 aliphatic heterocycles. The predicted octanol–water partition coefficient (Wildman–Crippen LogP) is 2.24. The molecule has 0 bridgehead atoms. The van der Waals surface area contributed by atoms with Crippen LogP contribution in [0.2, 0.25) is 0 Å². The maximum Gasteiger partial charge on any atom is 0.0672 e. The van der Waals surface area contributed by atoms with E-state index < -0.39 is 0 Å². The Hall–Kier alpha value is -1.27. The first kappa shape index (κ1) is 11.8. The smallest absolute Gasteiger partial charge is 0.0672 e. The van der Waals surface area contributed by atoms with Gasteiger partial charge in [0.05, 0.1) is 12.0 Å². The summed E-state index contributed by atoms with van der Waals surface area (Å²) in [7, 11) is 2.06. The molecule has 0 fully saturated rings. The molecule has 0 radical (unpaired) electrons. The van der Waals surface area contributed by atoms with Crippen molar-refractivity contribution in [1.82, 2.24) is 9.88 Å². The third-order valence-corrected chi connectivity index (χ3v) is 2.59. The monoisotopic (exact) mass is 205 g/mol. The number of H-pyrrole nitrogens is 1. The lowest BCUT2D eigenvalue weighted by atomic mass is 9.97. The molecule has 1 aromatic rings. The summed E-state index contributed by atoms with van der Waals surface area (Å²) in [5, 5.41) is 8.99. The quantitative estimate of drug-likeness (QED) is 0.801. The summed E-state index contributed by atoms with van der Waals surface area (Å²) in [6, 6.07) is 4.43. The van der Waals surface area contributed by atoms with Gasteiger partial charge < -0.3 is 9.88 Å².